The molecule has 0 saturated heterocycles. The third kappa shape index (κ3) is 4.84. The zero-order chi connectivity index (χ0) is 14.4. The number of benzene rings is 1. The molecular weight excluding hydrogens is 260 g/mol. The van der Waals surface area contributed by atoms with Crippen molar-refractivity contribution in [2.75, 3.05) is 13.2 Å². The van der Waals surface area contributed by atoms with Gasteiger partial charge < -0.3 is 10.1 Å². The van der Waals surface area contributed by atoms with Crippen LogP contribution in [0.25, 0.3) is 0 Å². The minimum absolute atomic E-state index is 0.0878. The van der Waals surface area contributed by atoms with Crippen LogP contribution in [0.3, 0.4) is 0 Å². The van der Waals surface area contributed by atoms with Crippen molar-refractivity contribution in [3.05, 3.63) is 35.4 Å². The van der Waals surface area contributed by atoms with E-state index in [2.05, 4.69) is 5.32 Å². The summed E-state index contributed by atoms with van der Waals surface area (Å²) in [4.78, 5) is 0. The van der Waals surface area contributed by atoms with Gasteiger partial charge in [-0.2, -0.15) is 0 Å². The van der Waals surface area contributed by atoms with E-state index in [1.165, 1.54) is 31.4 Å². The maximum absolute atomic E-state index is 13.1. The van der Waals surface area contributed by atoms with Crippen LogP contribution in [0.1, 0.15) is 50.6 Å². The van der Waals surface area contributed by atoms with Crippen molar-refractivity contribution >= 4 is 0 Å². The number of hydrogen-bond donors (Lipinski definition) is 1. The third-order valence-electron chi connectivity index (χ3n) is 3.84. The molecule has 0 heterocycles. The standard InChI is InChI=1S/C16H23F2NO/c1-12(13-9-14(17)11-15(18)10-13)19-7-8-20-16-5-3-2-4-6-16/h9-12,16,19H,2-8H2,1H3. The maximum Gasteiger partial charge on any atom is 0.126 e. The van der Waals surface area contributed by atoms with Crippen molar-refractivity contribution in [2.45, 2.75) is 51.2 Å². The Kier molecular flexibility index (Phi) is 5.92. The van der Waals surface area contributed by atoms with Crippen LogP contribution >= 0.6 is 0 Å². The summed E-state index contributed by atoms with van der Waals surface area (Å²) in [7, 11) is 0. The molecule has 1 saturated carbocycles. The second kappa shape index (κ2) is 7.70. The van der Waals surface area contributed by atoms with E-state index >= 15 is 0 Å². The summed E-state index contributed by atoms with van der Waals surface area (Å²) in [6, 6.07) is 3.53. The van der Waals surface area contributed by atoms with Crippen LogP contribution in [-0.2, 0) is 4.74 Å². The zero-order valence-electron chi connectivity index (χ0n) is 12.0. The Balaban J connectivity index is 1.70. The maximum atomic E-state index is 13.1. The lowest BCUT2D eigenvalue weighted by Crippen LogP contribution is -2.26. The highest BCUT2D eigenvalue weighted by molar-refractivity contribution is 5.20. The summed E-state index contributed by atoms with van der Waals surface area (Å²) < 4.78 is 32.1. The molecule has 0 aliphatic heterocycles. The Morgan fingerprint density at radius 3 is 2.45 bits per heavy atom. The average Bonchev–Trinajstić information content (AvgIpc) is 2.43. The van der Waals surface area contributed by atoms with Crippen LogP contribution in [0, 0.1) is 11.6 Å². The minimum atomic E-state index is -0.535. The van der Waals surface area contributed by atoms with Crippen molar-refractivity contribution in [1.29, 1.82) is 0 Å². The summed E-state index contributed by atoms with van der Waals surface area (Å²) >= 11 is 0. The average molecular weight is 283 g/mol. The fourth-order valence-electron chi connectivity index (χ4n) is 2.68. The molecule has 1 aliphatic carbocycles. The highest BCUT2D eigenvalue weighted by atomic mass is 19.1. The molecule has 4 heteroatoms. The predicted octanol–water partition coefficient (Wildman–Crippen LogP) is 3.96. The van der Waals surface area contributed by atoms with Gasteiger partial charge >= 0.3 is 0 Å². The number of ether oxygens (including phenoxy) is 1. The molecule has 1 aromatic rings. The topological polar surface area (TPSA) is 21.3 Å². The van der Waals surface area contributed by atoms with Gasteiger partial charge in [0.1, 0.15) is 11.6 Å². The Bertz CT molecular complexity index is 399. The molecule has 0 radical (unpaired) electrons. The highest BCUT2D eigenvalue weighted by Crippen LogP contribution is 2.20. The quantitative estimate of drug-likeness (QED) is 0.798. The van der Waals surface area contributed by atoms with Gasteiger partial charge in [0.05, 0.1) is 12.7 Å². The van der Waals surface area contributed by atoms with Gasteiger partial charge in [0, 0.05) is 18.7 Å². The van der Waals surface area contributed by atoms with Crippen LogP contribution in [0.5, 0.6) is 0 Å². The molecule has 2 rings (SSSR count). The van der Waals surface area contributed by atoms with Crippen molar-refractivity contribution in [3.8, 4) is 0 Å². The highest BCUT2D eigenvalue weighted by Gasteiger charge is 2.13. The Labute approximate surface area is 119 Å². The fraction of sp³-hybridized carbons (Fsp3) is 0.625. The first-order valence-electron chi connectivity index (χ1n) is 7.46. The molecule has 0 aromatic heterocycles. The Morgan fingerprint density at radius 1 is 1.15 bits per heavy atom. The van der Waals surface area contributed by atoms with E-state index in [0.717, 1.165) is 18.9 Å². The molecule has 1 aliphatic rings. The van der Waals surface area contributed by atoms with Crippen LogP contribution in [0.2, 0.25) is 0 Å². The SMILES string of the molecule is CC(NCCOC1CCCCC1)c1cc(F)cc(F)c1. The summed E-state index contributed by atoms with van der Waals surface area (Å²) in [6.07, 6.45) is 6.55. The monoisotopic (exact) mass is 283 g/mol. The molecule has 0 spiro atoms. The van der Waals surface area contributed by atoms with Crippen LogP contribution < -0.4 is 5.32 Å². The lowest BCUT2D eigenvalue weighted by atomic mass is 9.98. The van der Waals surface area contributed by atoms with Gasteiger partial charge in [-0.3, -0.25) is 0 Å². The van der Waals surface area contributed by atoms with Crippen molar-refractivity contribution in [3.63, 3.8) is 0 Å². The van der Waals surface area contributed by atoms with E-state index in [4.69, 9.17) is 4.74 Å². The summed E-state index contributed by atoms with van der Waals surface area (Å²) in [6.45, 7) is 3.23. The smallest absolute Gasteiger partial charge is 0.126 e. The predicted molar refractivity (Wildman–Crippen MR) is 75.6 cm³/mol. The lowest BCUT2D eigenvalue weighted by molar-refractivity contribution is 0.0295. The van der Waals surface area contributed by atoms with Gasteiger partial charge in [-0.25, -0.2) is 8.78 Å². The molecule has 1 aromatic carbocycles. The first-order valence-corrected chi connectivity index (χ1v) is 7.46. The molecule has 0 bridgehead atoms. The van der Waals surface area contributed by atoms with Gasteiger partial charge in [0.2, 0.25) is 0 Å². The molecule has 0 amide bonds. The summed E-state index contributed by atoms with van der Waals surface area (Å²) in [5.74, 6) is -1.07. The second-order valence-electron chi connectivity index (χ2n) is 5.51. The summed E-state index contributed by atoms with van der Waals surface area (Å²) in [5.41, 5.74) is 0.625. The first-order chi connectivity index (χ1) is 9.65. The first kappa shape index (κ1) is 15.4. The Hall–Kier alpha value is -1.00. The number of hydrogen-bond acceptors (Lipinski definition) is 2. The van der Waals surface area contributed by atoms with Gasteiger partial charge in [0.25, 0.3) is 0 Å². The van der Waals surface area contributed by atoms with Crippen LogP contribution in [0.4, 0.5) is 8.78 Å². The van der Waals surface area contributed by atoms with Gasteiger partial charge in [-0.1, -0.05) is 19.3 Å². The zero-order valence-corrected chi connectivity index (χ0v) is 12.0. The van der Waals surface area contributed by atoms with Gasteiger partial charge in [-0.15, -0.1) is 0 Å². The number of halogens is 2. The molecule has 1 unspecified atom stereocenters. The van der Waals surface area contributed by atoms with Gasteiger partial charge in [0.15, 0.2) is 0 Å². The minimum Gasteiger partial charge on any atom is -0.377 e. The van der Waals surface area contributed by atoms with Crippen LogP contribution in [-0.4, -0.2) is 19.3 Å². The van der Waals surface area contributed by atoms with E-state index in [1.54, 1.807) is 0 Å². The lowest BCUT2D eigenvalue weighted by Gasteiger charge is -2.22. The normalized spacial score (nSPS) is 18.1. The Morgan fingerprint density at radius 2 is 1.80 bits per heavy atom. The van der Waals surface area contributed by atoms with Crippen molar-refractivity contribution in [1.82, 2.24) is 5.32 Å². The molecule has 1 atom stereocenters. The van der Waals surface area contributed by atoms with Crippen molar-refractivity contribution < 1.29 is 13.5 Å². The largest absolute Gasteiger partial charge is 0.377 e. The molecule has 112 valence electrons. The van der Waals surface area contributed by atoms with E-state index in [9.17, 15) is 8.78 Å². The van der Waals surface area contributed by atoms with E-state index in [-0.39, 0.29) is 6.04 Å². The fourth-order valence-corrected chi connectivity index (χ4v) is 2.68. The van der Waals surface area contributed by atoms with Crippen molar-refractivity contribution in [2.24, 2.45) is 0 Å². The molecule has 1 N–H and O–H groups in total. The molecular formula is C16H23F2NO. The second-order valence-corrected chi connectivity index (χ2v) is 5.51. The van der Waals surface area contributed by atoms with E-state index in [0.29, 0.717) is 24.8 Å². The molecule has 1 fully saturated rings. The third-order valence-corrected chi connectivity index (χ3v) is 3.84. The molecule has 2 nitrogen and oxygen atoms in total. The van der Waals surface area contributed by atoms with Crippen LogP contribution in [0.15, 0.2) is 18.2 Å². The molecule has 20 heavy (non-hydrogen) atoms. The number of nitrogens with one attached hydrogen (secondary N) is 1. The number of rotatable bonds is 6. The van der Waals surface area contributed by atoms with E-state index in [1.807, 2.05) is 6.92 Å². The van der Waals surface area contributed by atoms with Gasteiger partial charge in [-0.05, 0) is 37.5 Å². The van der Waals surface area contributed by atoms with E-state index < -0.39 is 11.6 Å². The summed E-state index contributed by atoms with van der Waals surface area (Å²) in [5, 5.41) is 3.23.